The summed E-state index contributed by atoms with van der Waals surface area (Å²) in [6, 6.07) is 13.7. The Hall–Kier alpha value is -3.59. The number of hydrogen-bond acceptors (Lipinski definition) is 5. The smallest absolute Gasteiger partial charge is 0.269 e. The van der Waals surface area contributed by atoms with Crippen molar-refractivity contribution in [3.8, 4) is 5.69 Å². The summed E-state index contributed by atoms with van der Waals surface area (Å²) in [7, 11) is 1.77. The van der Waals surface area contributed by atoms with Gasteiger partial charge in [0.25, 0.3) is 5.69 Å². The Morgan fingerprint density at radius 1 is 1.27 bits per heavy atom. The maximum absolute atomic E-state index is 13.2. The number of likely N-dealkylation sites (N-methyl/N-ethyl adjacent to an activating group) is 1. The van der Waals surface area contributed by atoms with Gasteiger partial charge in [0.1, 0.15) is 11.6 Å². The molecular weight excluding hydrogens is 389 g/mol. The Balaban J connectivity index is 1.70. The molecule has 1 amide bonds. The molecular formula is C21H22FN5O3. The number of carbonyl (C=O) groups is 1. The molecule has 1 aromatic heterocycles. The minimum absolute atomic E-state index is 0.0101. The van der Waals surface area contributed by atoms with Crippen LogP contribution in [0, 0.1) is 22.9 Å². The molecule has 2 aromatic carbocycles. The van der Waals surface area contributed by atoms with E-state index in [0.29, 0.717) is 17.2 Å². The van der Waals surface area contributed by atoms with E-state index in [1.807, 2.05) is 6.92 Å². The summed E-state index contributed by atoms with van der Waals surface area (Å²) >= 11 is 0. The first-order valence-electron chi connectivity index (χ1n) is 9.31. The van der Waals surface area contributed by atoms with Gasteiger partial charge in [-0.1, -0.05) is 12.1 Å². The van der Waals surface area contributed by atoms with Crippen LogP contribution in [0.25, 0.3) is 5.69 Å². The maximum Gasteiger partial charge on any atom is 0.269 e. The fourth-order valence-corrected chi connectivity index (χ4v) is 3.07. The molecule has 8 nitrogen and oxygen atoms in total. The molecule has 0 fully saturated rings. The Morgan fingerprint density at radius 2 is 1.97 bits per heavy atom. The third-order valence-corrected chi connectivity index (χ3v) is 4.79. The number of aromatic nitrogens is 2. The number of nitro benzene ring substituents is 1. The number of halogens is 1. The molecule has 0 radical (unpaired) electrons. The molecule has 156 valence electrons. The number of nitro groups is 1. The molecule has 30 heavy (non-hydrogen) atoms. The normalized spacial score (nSPS) is 12.0. The maximum atomic E-state index is 13.2. The van der Waals surface area contributed by atoms with Crippen molar-refractivity contribution >= 4 is 17.4 Å². The number of carbonyl (C=O) groups excluding carboxylic acids is 1. The zero-order valence-corrected chi connectivity index (χ0v) is 16.9. The Kier molecular flexibility index (Phi) is 6.22. The zero-order chi connectivity index (χ0) is 21.8. The van der Waals surface area contributed by atoms with Gasteiger partial charge in [-0.05, 0) is 50.7 Å². The molecule has 0 saturated heterocycles. The monoisotopic (exact) mass is 411 g/mol. The van der Waals surface area contributed by atoms with E-state index >= 15 is 0 Å². The van der Waals surface area contributed by atoms with Crippen molar-refractivity contribution in [3.05, 3.63) is 81.8 Å². The standard InChI is InChI=1S/C21H22FN5O3/c1-14-11-20(26(24-14)18-9-7-17(22)8-10-18)23-21(28)13-25(3)15(2)16-5-4-6-19(12-16)27(29)30/h4-12,15H,13H2,1-3H3,(H,23,28)/t15-/m0/s1. The van der Waals surface area contributed by atoms with E-state index < -0.39 is 4.92 Å². The molecule has 0 saturated carbocycles. The van der Waals surface area contributed by atoms with Crippen molar-refractivity contribution < 1.29 is 14.1 Å². The van der Waals surface area contributed by atoms with Crippen LogP contribution in [0.2, 0.25) is 0 Å². The largest absolute Gasteiger partial charge is 0.309 e. The van der Waals surface area contributed by atoms with Gasteiger partial charge in [0.2, 0.25) is 5.91 Å². The number of amides is 1. The summed E-state index contributed by atoms with van der Waals surface area (Å²) in [6.45, 7) is 3.74. The summed E-state index contributed by atoms with van der Waals surface area (Å²) in [5, 5.41) is 18.2. The number of non-ortho nitro benzene ring substituents is 1. The molecule has 9 heteroatoms. The predicted octanol–water partition coefficient (Wildman–Crippen LogP) is 3.86. The van der Waals surface area contributed by atoms with Gasteiger partial charge in [0.05, 0.1) is 22.8 Å². The molecule has 0 aliphatic rings. The number of anilines is 1. The van der Waals surface area contributed by atoms with Crippen LogP contribution < -0.4 is 5.32 Å². The lowest BCUT2D eigenvalue weighted by molar-refractivity contribution is -0.384. The van der Waals surface area contributed by atoms with Crippen molar-refractivity contribution in [2.24, 2.45) is 0 Å². The van der Waals surface area contributed by atoms with Crippen LogP contribution in [-0.4, -0.2) is 39.1 Å². The summed E-state index contributed by atoms with van der Waals surface area (Å²) in [5.41, 5.74) is 2.08. The van der Waals surface area contributed by atoms with Crippen LogP contribution in [0.3, 0.4) is 0 Å². The molecule has 3 rings (SSSR count). The lowest BCUT2D eigenvalue weighted by Crippen LogP contribution is -2.32. The van der Waals surface area contributed by atoms with Gasteiger partial charge < -0.3 is 5.32 Å². The third-order valence-electron chi connectivity index (χ3n) is 4.79. The molecule has 0 bridgehead atoms. The van der Waals surface area contributed by atoms with Gasteiger partial charge in [-0.15, -0.1) is 0 Å². The highest BCUT2D eigenvalue weighted by atomic mass is 19.1. The first-order valence-corrected chi connectivity index (χ1v) is 9.31. The van der Waals surface area contributed by atoms with Gasteiger partial charge in [-0.2, -0.15) is 5.10 Å². The minimum Gasteiger partial charge on any atom is -0.309 e. The predicted molar refractivity (Wildman–Crippen MR) is 111 cm³/mol. The fourth-order valence-electron chi connectivity index (χ4n) is 3.07. The van der Waals surface area contributed by atoms with Crippen LogP contribution in [0.5, 0.6) is 0 Å². The first kappa shape index (κ1) is 21.1. The fraction of sp³-hybridized carbons (Fsp3) is 0.238. The van der Waals surface area contributed by atoms with E-state index in [2.05, 4.69) is 10.4 Å². The molecule has 3 aromatic rings. The molecule has 0 spiro atoms. The summed E-state index contributed by atoms with van der Waals surface area (Å²) in [6.07, 6.45) is 0. The Labute approximate surface area is 173 Å². The molecule has 0 aliphatic heterocycles. The molecule has 1 N–H and O–H groups in total. The second-order valence-corrected chi connectivity index (χ2v) is 7.05. The third kappa shape index (κ3) is 4.87. The topological polar surface area (TPSA) is 93.3 Å². The highest BCUT2D eigenvalue weighted by Crippen LogP contribution is 2.23. The average Bonchev–Trinajstić information content (AvgIpc) is 3.07. The van der Waals surface area contributed by atoms with Crippen molar-refractivity contribution in [1.82, 2.24) is 14.7 Å². The van der Waals surface area contributed by atoms with E-state index in [0.717, 1.165) is 5.56 Å². The number of rotatable bonds is 7. The average molecular weight is 411 g/mol. The number of nitrogens with one attached hydrogen (secondary N) is 1. The minimum atomic E-state index is -0.443. The van der Waals surface area contributed by atoms with Crippen LogP contribution in [-0.2, 0) is 4.79 Å². The molecule has 1 heterocycles. The van der Waals surface area contributed by atoms with E-state index in [4.69, 9.17) is 0 Å². The summed E-state index contributed by atoms with van der Waals surface area (Å²) in [5.74, 6) is -0.150. The van der Waals surface area contributed by atoms with Crippen molar-refractivity contribution in [2.45, 2.75) is 19.9 Å². The molecule has 0 unspecified atom stereocenters. The van der Waals surface area contributed by atoms with E-state index in [9.17, 15) is 19.3 Å². The van der Waals surface area contributed by atoms with Crippen LogP contribution in [0.1, 0.15) is 24.2 Å². The van der Waals surface area contributed by atoms with Gasteiger partial charge in [0, 0.05) is 24.2 Å². The number of benzene rings is 2. The van der Waals surface area contributed by atoms with Crippen LogP contribution >= 0.6 is 0 Å². The molecule has 1 atom stereocenters. The number of aryl methyl sites for hydroxylation is 1. The van der Waals surface area contributed by atoms with Crippen LogP contribution in [0.15, 0.2) is 54.6 Å². The number of nitrogens with zero attached hydrogens (tertiary/aromatic N) is 4. The second-order valence-electron chi connectivity index (χ2n) is 7.05. The second kappa shape index (κ2) is 8.83. The van der Waals surface area contributed by atoms with Crippen LogP contribution in [0.4, 0.5) is 15.9 Å². The van der Waals surface area contributed by atoms with E-state index in [1.54, 1.807) is 49.2 Å². The molecule has 0 aliphatic carbocycles. The lowest BCUT2D eigenvalue weighted by atomic mass is 10.1. The number of hydrogen-bond donors (Lipinski definition) is 1. The summed E-state index contributed by atoms with van der Waals surface area (Å²) in [4.78, 5) is 25.0. The van der Waals surface area contributed by atoms with Crippen molar-refractivity contribution in [2.75, 3.05) is 18.9 Å². The lowest BCUT2D eigenvalue weighted by Gasteiger charge is -2.24. The van der Waals surface area contributed by atoms with Gasteiger partial charge >= 0.3 is 0 Å². The van der Waals surface area contributed by atoms with E-state index in [-0.39, 0.29) is 30.0 Å². The van der Waals surface area contributed by atoms with Gasteiger partial charge in [0.15, 0.2) is 0 Å². The first-order chi connectivity index (χ1) is 14.2. The van der Waals surface area contributed by atoms with Crippen molar-refractivity contribution in [3.63, 3.8) is 0 Å². The highest BCUT2D eigenvalue weighted by Gasteiger charge is 2.18. The SMILES string of the molecule is Cc1cc(NC(=O)CN(C)[C@@H](C)c2cccc([N+](=O)[O-])c2)n(-c2ccc(F)cc2)n1. The van der Waals surface area contributed by atoms with Gasteiger partial charge in [-0.3, -0.25) is 19.8 Å². The quantitative estimate of drug-likeness (QED) is 0.471. The van der Waals surface area contributed by atoms with Gasteiger partial charge in [-0.25, -0.2) is 9.07 Å². The summed E-state index contributed by atoms with van der Waals surface area (Å²) < 4.78 is 14.7. The Morgan fingerprint density at radius 3 is 2.63 bits per heavy atom. The zero-order valence-electron chi connectivity index (χ0n) is 16.9. The van der Waals surface area contributed by atoms with Crippen molar-refractivity contribution in [1.29, 1.82) is 0 Å². The van der Waals surface area contributed by atoms with E-state index in [1.165, 1.54) is 28.9 Å². The highest BCUT2D eigenvalue weighted by molar-refractivity contribution is 5.91. The Bertz CT molecular complexity index is 1060.